The van der Waals surface area contributed by atoms with Crippen molar-refractivity contribution in [1.82, 2.24) is 9.97 Å². The van der Waals surface area contributed by atoms with E-state index in [9.17, 15) is 4.79 Å². The summed E-state index contributed by atoms with van der Waals surface area (Å²) in [4.78, 5) is 17.8. The van der Waals surface area contributed by atoms with E-state index in [1.807, 2.05) is 6.07 Å². The van der Waals surface area contributed by atoms with Gasteiger partial charge in [-0.2, -0.15) is 0 Å². The van der Waals surface area contributed by atoms with E-state index in [0.717, 1.165) is 9.86 Å². The molecular formula is C8H5BrN2O. The van der Waals surface area contributed by atoms with Crippen molar-refractivity contribution in [3.8, 4) is 0 Å². The van der Waals surface area contributed by atoms with Crippen LogP contribution in [0.2, 0.25) is 0 Å². The van der Waals surface area contributed by atoms with Crippen molar-refractivity contribution in [3.05, 3.63) is 39.5 Å². The molecule has 2 heterocycles. The van der Waals surface area contributed by atoms with Gasteiger partial charge in [-0.1, -0.05) is 0 Å². The Kier molecular flexibility index (Phi) is 1.69. The Morgan fingerprint density at radius 3 is 3.00 bits per heavy atom. The topological polar surface area (TPSA) is 45.8 Å². The van der Waals surface area contributed by atoms with E-state index in [1.165, 1.54) is 0 Å². The zero-order valence-electron chi connectivity index (χ0n) is 6.04. The minimum absolute atomic E-state index is 0.0956. The van der Waals surface area contributed by atoms with Gasteiger partial charge in [0.05, 0.1) is 5.39 Å². The molecule has 4 heteroatoms. The maximum atomic E-state index is 11.3. The average molecular weight is 225 g/mol. The summed E-state index contributed by atoms with van der Waals surface area (Å²) in [6, 6.07) is 1.81. The smallest absolute Gasteiger partial charge is 0.257 e. The number of hydrogen-bond acceptors (Lipinski definition) is 2. The number of H-pyrrole nitrogens is 1. The lowest BCUT2D eigenvalue weighted by atomic mass is 10.2. The molecule has 0 aliphatic carbocycles. The van der Waals surface area contributed by atoms with Crippen molar-refractivity contribution in [1.29, 1.82) is 0 Å². The van der Waals surface area contributed by atoms with Gasteiger partial charge in [-0.05, 0) is 22.0 Å². The Bertz CT molecular complexity index is 472. The summed E-state index contributed by atoms with van der Waals surface area (Å²) in [5.41, 5.74) is -0.0956. The van der Waals surface area contributed by atoms with Crippen molar-refractivity contribution < 1.29 is 0 Å². The molecule has 0 amide bonds. The van der Waals surface area contributed by atoms with Crippen LogP contribution in [0.5, 0.6) is 0 Å². The van der Waals surface area contributed by atoms with E-state index in [2.05, 4.69) is 25.9 Å². The molecule has 1 N–H and O–H groups in total. The van der Waals surface area contributed by atoms with Gasteiger partial charge in [-0.25, -0.2) is 0 Å². The van der Waals surface area contributed by atoms with Crippen molar-refractivity contribution in [3.63, 3.8) is 0 Å². The van der Waals surface area contributed by atoms with E-state index >= 15 is 0 Å². The van der Waals surface area contributed by atoms with Gasteiger partial charge in [0.2, 0.25) is 0 Å². The van der Waals surface area contributed by atoms with Crippen molar-refractivity contribution in [2.75, 3.05) is 0 Å². The molecule has 0 atom stereocenters. The van der Waals surface area contributed by atoms with Crippen LogP contribution in [-0.2, 0) is 0 Å². The molecule has 60 valence electrons. The van der Waals surface area contributed by atoms with Crippen LogP contribution in [0, 0.1) is 0 Å². The van der Waals surface area contributed by atoms with Gasteiger partial charge in [0.25, 0.3) is 5.56 Å². The fourth-order valence-electron chi connectivity index (χ4n) is 1.10. The van der Waals surface area contributed by atoms with Gasteiger partial charge in [-0.3, -0.25) is 9.78 Å². The zero-order chi connectivity index (χ0) is 8.55. The zero-order valence-corrected chi connectivity index (χ0v) is 7.63. The van der Waals surface area contributed by atoms with Crippen LogP contribution in [0.4, 0.5) is 0 Å². The number of rotatable bonds is 0. The minimum Gasteiger partial charge on any atom is -0.329 e. The van der Waals surface area contributed by atoms with E-state index in [1.54, 1.807) is 18.6 Å². The second-order valence-corrected chi connectivity index (χ2v) is 3.25. The highest BCUT2D eigenvalue weighted by Gasteiger charge is 2.01. The van der Waals surface area contributed by atoms with E-state index in [0.29, 0.717) is 5.39 Å². The molecule has 2 aromatic rings. The predicted molar refractivity (Wildman–Crippen MR) is 50.1 cm³/mol. The lowest BCUT2D eigenvalue weighted by molar-refractivity contribution is 1.25. The van der Waals surface area contributed by atoms with Crippen LogP contribution in [0.1, 0.15) is 0 Å². The molecule has 2 aromatic heterocycles. The van der Waals surface area contributed by atoms with Gasteiger partial charge in [0, 0.05) is 28.4 Å². The first-order chi connectivity index (χ1) is 5.79. The second kappa shape index (κ2) is 2.71. The van der Waals surface area contributed by atoms with Gasteiger partial charge >= 0.3 is 0 Å². The molecule has 12 heavy (non-hydrogen) atoms. The van der Waals surface area contributed by atoms with E-state index in [4.69, 9.17) is 0 Å². The maximum absolute atomic E-state index is 11.3. The van der Waals surface area contributed by atoms with Gasteiger partial charge in [0.1, 0.15) is 0 Å². The molecule has 0 saturated heterocycles. The monoisotopic (exact) mass is 224 g/mol. The minimum atomic E-state index is -0.0956. The summed E-state index contributed by atoms with van der Waals surface area (Å²) in [5, 5.41) is 1.49. The normalized spacial score (nSPS) is 10.4. The number of fused-ring (bicyclic) bond motifs is 1. The molecule has 0 fully saturated rings. The first kappa shape index (κ1) is 7.49. The maximum Gasteiger partial charge on any atom is 0.257 e. The first-order valence-corrected chi connectivity index (χ1v) is 4.19. The Morgan fingerprint density at radius 2 is 2.25 bits per heavy atom. The van der Waals surface area contributed by atoms with Crippen molar-refractivity contribution in [2.45, 2.75) is 0 Å². The third-order valence-electron chi connectivity index (χ3n) is 1.63. The molecule has 0 aliphatic heterocycles. The van der Waals surface area contributed by atoms with Crippen LogP contribution in [0.3, 0.4) is 0 Å². The van der Waals surface area contributed by atoms with Crippen LogP contribution in [0.25, 0.3) is 10.8 Å². The van der Waals surface area contributed by atoms with E-state index in [-0.39, 0.29) is 5.56 Å². The molecular weight excluding hydrogens is 220 g/mol. The number of nitrogens with zero attached hydrogens (tertiary/aromatic N) is 1. The molecule has 3 nitrogen and oxygen atoms in total. The Morgan fingerprint density at radius 1 is 1.42 bits per heavy atom. The number of aromatic nitrogens is 2. The Labute approximate surface area is 76.6 Å². The summed E-state index contributed by atoms with van der Waals surface area (Å²) in [6.07, 6.45) is 4.88. The third-order valence-corrected chi connectivity index (χ3v) is 2.23. The molecule has 0 unspecified atom stereocenters. The molecule has 0 radical (unpaired) electrons. The average Bonchev–Trinajstić information content (AvgIpc) is 2.04. The lowest BCUT2D eigenvalue weighted by Gasteiger charge is -1.96. The molecule has 0 saturated carbocycles. The summed E-state index contributed by atoms with van der Waals surface area (Å²) < 4.78 is 0.724. The highest BCUT2D eigenvalue weighted by molar-refractivity contribution is 9.10. The fourth-order valence-corrected chi connectivity index (χ4v) is 1.62. The molecule has 0 spiro atoms. The predicted octanol–water partition coefficient (Wildman–Crippen LogP) is 1.69. The van der Waals surface area contributed by atoms with Crippen LogP contribution < -0.4 is 5.56 Å². The van der Waals surface area contributed by atoms with E-state index < -0.39 is 0 Å². The second-order valence-electron chi connectivity index (χ2n) is 2.39. The van der Waals surface area contributed by atoms with Gasteiger partial charge in [0.15, 0.2) is 0 Å². The highest BCUT2D eigenvalue weighted by Crippen LogP contribution is 2.17. The van der Waals surface area contributed by atoms with Crippen LogP contribution in [0.15, 0.2) is 33.9 Å². The van der Waals surface area contributed by atoms with Crippen LogP contribution >= 0.6 is 15.9 Å². The number of halogens is 1. The summed E-state index contributed by atoms with van der Waals surface area (Å²) in [6.45, 7) is 0. The molecule has 2 rings (SSSR count). The molecule has 0 aliphatic rings. The summed E-state index contributed by atoms with van der Waals surface area (Å²) >= 11 is 3.27. The first-order valence-electron chi connectivity index (χ1n) is 3.40. The van der Waals surface area contributed by atoms with Crippen molar-refractivity contribution in [2.24, 2.45) is 0 Å². The summed E-state index contributed by atoms with van der Waals surface area (Å²) in [5.74, 6) is 0. The number of nitrogens with one attached hydrogen (secondary N) is 1. The molecule has 0 aromatic carbocycles. The Balaban J connectivity index is 3.07. The standard InChI is InChI=1S/C8H5BrN2O/c9-6-4-10-3-5-1-2-11-8(12)7(5)6/h1-4H,(H,11,12). The SMILES string of the molecule is O=c1[nH]ccc2cncc(Br)c12. The molecule has 0 bridgehead atoms. The lowest BCUT2D eigenvalue weighted by Crippen LogP contribution is -2.05. The highest BCUT2D eigenvalue weighted by atomic mass is 79.9. The van der Waals surface area contributed by atoms with Crippen molar-refractivity contribution >= 4 is 26.7 Å². The quantitative estimate of drug-likeness (QED) is 0.741. The summed E-state index contributed by atoms with van der Waals surface area (Å²) in [7, 11) is 0. The fraction of sp³-hybridized carbons (Fsp3) is 0. The van der Waals surface area contributed by atoms with Crippen LogP contribution in [-0.4, -0.2) is 9.97 Å². The largest absolute Gasteiger partial charge is 0.329 e. The Hall–Kier alpha value is -1.16. The number of aromatic amines is 1. The number of hydrogen-bond donors (Lipinski definition) is 1. The van der Waals surface area contributed by atoms with Gasteiger partial charge in [-0.15, -0.1) is 0 Å². The van der Waals surface area contributed by atoms with Gasteiger partial charge < -0.3 is 4.98 Å². The third kappa shape index (κ3) is 1.04. The number of pyridine rings is 2.